The number of amides is 2. The van der Waals surface area contributed by atoms with E-state index in [1.54, 1.807) is 24.3 Å². The Kier molecular flexibility index (Phi) is 6.39. The number of carbonyl (C=O) groups is 2. The van der Waals surface area contributed by atoms with Crippen LogP contribution in [0.3, 0.4) is 0 Å². The van der Waals surface area contributed by atoms with Crippen molar-refractivity contribution in [2.24, 2.45) is 0 Å². The van der Waals surface area contributed by atoms with Crippen LogP contribution in [0.2, 0.25) is 0 Å². The summed E-state index contributed by atoms with van der Waals surface area (Å²) >= 11 is 0. The summed E-state index contributed by atoms with van der Waals surface area (Å²) in [6.07, 6.45) is 0. The molecule has 2 aromatic rings. The van der Waals surface area contributed by atoms with Gasteiger partial charge in [-0.05, 0) is 42.2 Å². The molecule has 26 heavy (non-hydrogen) atoms. The molecule has 5 heteroatoms. The number of anilines is 1. The highest BCUT2D eigenvalue weighted by atomic mass is 16.5. The van der Waals surface area contributed by atoms with E-state index < -0.39 is 0 Å². The number of carbonyl (C=O) groups excluding carboxylic acids is 2. The highest BCUT2D eigenvalue weighted by Gasteiger charge is 2.13. The van der Waals surface area contributed by atoms with Crippen LogP contribution in [0.4, 0.5) is 10.5 Å². The molecular weight excluding hydrogens is 328 g/mol. The smallest absolute Gasteiger partial charge is 0.319 e. The van der Waals surface area contributed by atoms with Crippen LogP contribution in [0.5, 0.6) is 5.75 Å². The highest BCUT2D eigenvalue weighted by molar-refractivity contribution is 5.96. The quantitative estimate of drug-likeness (QED) is 0.597. The molecule has 0 atom stereocenters. The average molecular weight is 354 g/mol. The first-order valence-corrected chi connectivity index (χ1v) is 8.65. The second-order valence-electron chi connectivity index (χ2n) is 7.14. The van der Waals surface area contributed by atoms with Crippen LogP contribution in [-0.4, -0.2) is 25.0 Å². The molecule has 0 aliphatic heterocycles. The van der Waals surface area contributed by atoms with Gasteiger partial charge in [0.05, 0.1) is 6.54 Å². The number of ether oxygens (including phenoxy) is 1. The van der Waals surface area contributed by atoms with E-state index in [-0.39, 0.29) is 17.2 Å². The van der Waals surface area contributed by atoms with Crippen molar-refractivity contribution in [2.75, 3.05) is 18.5 Å². The number of benzene rings is 2. The van der Waals surface area contributed by atoms with Crippen LogP contribution >= 0.6 is 0 Å². The molecule has 5 nitrogen and oxygen atoms in total. The number of hydrogen-bond donors (Lipinski definition) is 2. The van der Waals surface area contributed by atoms with Crippen molar-refractivity contribution in [2.45, 2.75) is 33.1 Å². The molecule has 138 valence electrons. The Balaban J connectivity index is 1.79. The Morgan fingerprint density at radius 1 is 1.04 bits per heavy atom. The Morgan fingerprint density at radius 2 is 1.77 bits per heavy atom. The third-order valence-electron chi connectivity index (χ3n) is 3.88. The number of Topliss-reactive ketones (excluding diaryl/α,β-unsaturated/α-hetero) is 1. The van der Waals surface area contributed by atoms with Gasteiger partial charge in [-0.25, -0.2) is 4.79 Å². The molecule has 0 heterocycles. The summed E-state index contributed by atoms with van der Waals surface area (Å²) in [6, 6.07) is 14.5. The van der Waals surface area contributed by atoms with Crippen LogP contribution in [0.1, 0.15) is 43.6 Å². The Hall–Kier alpha value is -2.82. The number of urea groups is 1. The molecule has 0 bridgehead atoms. The summed E-state index contributed by atoms with van der Waals surface area (Å²) in [6.45, 7) is 8.69. The summed E-state index contributed by atoms with van der Waals surface area (Å²) in [5, 5.41) is 5.44. The molecule has 0 radical (unpaired) electrons. The van der Waals surface area contributed by atoms with Crippen molar-refractivity contribution in [1.82, 2.24) is 5.32 Å². The van der Waals surface area contributed by atoms with E-state index in [1.165, 1.54) is 12.5 Å². The fourth-order valence-corrected chi connectivity index (χ4v) is 2.38. The lowest BCUT2D eigenvalue weighted by Crippen LogP contribution is -2.32. The van der Waals surface area contributed by atoms with E-state index in [4.69, 9.17) is 4.74 Å². The lowest BCUT2D eigenvalue weighted by molar-refractivity contribution is 0.101. The van der Waals surface area contributed by atoms with Gasteiger partial charge in [0, 0.05) is 11.3 Å². The molecule has 2 rings (SSSR count). The van der Waals surface area contributed by atoms with Crippen LogP contribution in [0.15, 0.2) is 48.5 Å². The van der Waals surface area contributed by atoms with Gasteiger partial charge in [-0.1, -0.05) is 45.0 Å². The molecule has 2 N–H and O–H groups in total. The molecule has 0 fully saturated rings. The van der Waals surface area contributed by atoms with Crippen molar-refractivity contribution in [1.29, 1.82) is 0 Å². The lowest BCUT2D eigenvalue weighted by atomic mass is 9.87. The van der Waals surface area contributed by atoms with E-state index in [1.807, 2.05) is 18.2 Å². The summed E-state index contributed by atoms with van der Waals surface area (Å²) in [5.74, 6) is 0.744. The van der Waals surface area contributed by atoms with Crippen molar-refractivity contribution >= 4 is 17.5 Å². The monoisotopic (exact) mass is 354 g/mol. The van der Waals surface area contributed by atoms with E-state index >= 15 is 0 Å². The maximum atomic E-state index is 11.9. The molecule has 2 aromatic carbocycles. The molecule has 0 saturated carbocycles. The standard InChI is InChI=1S/C21H26N2O3/c1-15(24)16-7-5-9-18(13-16)23-20(25)22-11-12-26-19-10-6-8-17(14-19)21(2,3)4/h5-10,13-14H,11-12H2,1-4H3,(H2,22,23,25). The minimum Gasteiger partial charge on any atom is -0.492 e. The van der Waals surface area contributed by atoms with E-state index in [9.17, 15) is 9.59 Å². The van der Waals surface area contributed by atoms with Gasteiger partial charge in [0.2, 0.25) is 0 Å². The number of nitrogens with one attached hydrogen (secondary N) is 2. The second kappa shape index (κ2) is 8.52. The molecular formula is C21H26N2O3. The van der Waals surface area contributed by atoms with E-state index in [2.05, 4.69) is 37.5 Å². The van der Waals surface area contributed by atoms with Gasteiger partial charge in [-0.15, -0.1) is 0 Å². The van der Waals surface area contributed by atoms with Gasteiger partial charge in [0.25, 0.3) is 0 Å². The highest BCUT2D eigenvalue weighted by Crippen LogP contribution is 2.25. The van der Waals surface area contributed by atoms with Gasteiger partial charge >= 0.3 is 6.03 Å². The SMILES string of the molecule is CC(=O)c1cccc(NC(=O)NCCOc2cccc(C(C)(C)C)c2)c1. The predicted molar refractivity (Wildman–Crippen MR) is 104 cm³/mol. The second-order valence-corrected chi connectivity index (χ2v) is 7.14. The van der Waals surface area contributed by atoms with Gasteiger partial charge in [-0.2, -0.15) is 0 Å². The molecule has 0 aliphatic rings. The first-order chi connectivity index (χ1) is 12.3. The first-order valence-electron chi connectivity index (χ1n) is 8.65. The molecule has 0 unspecified atom stereocenters. The summed E-state index contributed by atoms with van der Waals surface area (Å²) < 4.78 is 5.71. The predicted octanol–water partition coefficient (Wildman–Crippen LogP) is 4.39. The minimum absolute atomic E-state index is 0.0417. The van der Waals surface area contributed by atoms with Gasteiger partial charge in [0.15, 0.2) is 5.78 Å². The topological polar surface area (TPSA) is 67.4 Å². The van der Waals surface area contributed by atoms with Gasteiger partial charge in [0.1, 0.15) is 12.4 Å². The van der Waals surface area contributed by atoms with E-state index in [0.29, 0.717) is 24.4 Å². The van der Waals surface area contributed by atoms with Gasteiger partial charge in [-0.3, -0.25) is 4.79 Å². The van der Waals surface area contributed by atoms with Crippen molar-refractivity contribution in [3.63, 3.8) is 0 Å². The van der Waals surface area contributed by atoms with Crippen LogP contribution in [0.25, 0.3) is 0 Å². The maximum absolute atomic E-state index is 11.9. The molecule has 0 aliphatic carbocycles. The fraction of sp³-hybridized carbons (Fsp3) is 0.333. The third-order valence-corrected chi connectivity index (χ3v) is 3.88. The molecule has 0 aromatic heterocycles. The van der Waals surface area contributed by atoms with Crippen molar-refractivity contribution < 1.29 is 14.3 Å². The summed E-state index contributed by atoms with van der Waals surface area (Å²) in [5.41, 5.74) is 2.40. The zero-order valence-corrected chi connectivity index (χ0v) is 15.8. The number of hydrogen-bond acceptors (Lipinski definition) is 3. The van der Waals surface area contributed by atoms with Crippen LogP contribution in [-0.2, 0) is 5.41 Å². The summed E-state index contributed by atoms with van der Waals surface area (Å²) in [7, 11) is 0. The Morgan fingerprint density at radius 3 is 2.46 bits per heavy atom. The number of ketones is 1. The molecule has 0 saturated heterocycles. The average Bonchev–Trinajstić information content (AvgIpc) is 2.58. The van der Waals surface area contributed by atoms with Crippen LogP contribution in [0, 0.1) is 0 Å². The van der Waals surface area contributed by atoms with Gasteiger partial charge < -0.3 is 15.4 Å². The molecule has 2 amide bonds. The van der Waals surface area contributed by atoms with Crippen molar-refractivity contribution in [3.05, 3.63) is 59.7 Å². The summed E-state index contributed by atoms with van der Waals surface area (Å²) in [4.78, 5) is 23.3. The Bertz CT molecular complexity index is 779. The zero-order valence-electron chi connectivity index (χ0n) is 15.8. The third kappa shape index (κ3) is 5.92. The number of rotatable bonds is 6. The largest absolute Gasteiger partial charge is 0.492 e. The first kappa shape index (κ1) is 19.5. The normalized spacial score (nSPS) is 10.9. The van der Waals surface area contributed by atoms with Crippen molar-refractivity contribution in [3.8, 4) is 5.75 Å². The lowest BCUT2D eigenvalue weighted by Gasteiger charge is -2.19. The fourth-order valence-electron chi connectivity index (χ4n) is 2.38. The molecule has 0 spiro atoms. The maximum Gasteiger partial charge on any atom is 0.319 e. The minimum atomic E-state index is -0.335. The van der Waals surface area contributed by atoms with E-state index in [0.717, 1.165) is 5.75 Å². The zero-order chi connectivity index (χ0) is 19.2. The Labute approximate surface area is 154 Å². The van der Waals surface area contributed by atoms with Crippen LogP contribution < -0.4 is 15.4 Å².